The van der Waals surface area contributed by atoms with Crippen LogP contribution < -0.4 is 15.8 Å². The molecule has 1 aromatic carbocycles. The third-order valence-electron chi connectivity index (χ3n) is 12.0. The minimum absolute atomic E-state index is 0.0359. The number of hydrogen-bond acceptors (Lipinski definition) is 8. The molecule has 9 N–H and O–H groups in total. The van der Waals surface area contributed by atoms with Gasteiger partial charge in [-0.3, -0.25) is 0 Å². The first-order valence-corrected chi connectivity index (χ1v) is 18.4. The van der Waals surface area contributed by atoms with Crippen LogP contribution in [-0.4, -0.2) is 67.6 Å². The Morgan fingerprint density at radius 1 is 1.06 bits per heavy atom. The number of H-pyrrole nitrogens is 1. The van der Waals surface area contributed by atoms with Gasteiger partial charge in [-0.25, -0.2) is 0 Å². The fourth-order valence-corrected chi connectivity index (χ4v) is 8.86. The maximum atomic E-state index is 11.5. The Morgan fingerprint density at radius 2 is 1.92 bits per heavy atom. The molecular formula is C40H55N3O6. The number of aryl methyl sites for hydroxylation is 1. The van der Waals surface area contributed by atoms with Crippen molar-refractivity contribution in [2.24, 2.45) is 34.8 Å². The predicted octanol–water partition coefficient (Wildman–Crippen LogP) is 4.44. The molecule has 2 aromatic rings. The lowest BCUT2D eigenvalue weighted by molar-refractivity contribution is -0.108. The lowest BCUT2D eigenvalue weighted by Crippen LogP contribution is -2.52. The van der Waals surface area contributed by atoms with Gasteiger partial charge in [-0.05, 0) is 118 Å². The Kier molecular flexibility index (Phi) is 11.3. The number of aromatic nitrogens is 1. The van der Waals surface area contributed by atoms with Crippen LogP contribution in [0.2, 0.25) is 0 Å². The monoisotopic (exact) mass is 673 g/mol. The van der Waals surface area contributed by atoms with Gasteiger partial charge in [0.25, 0.3) is 0 Å². The van der Waals surface area contributed by atoms with E-state index in [1.807, 2.05) is 30.5 Å². The second-order valence-corrected chi connectivity index (χ2v) is 15.0. The molecule has 0 unspecified atom stereocenters. The quantitative estimate of drug-likeness (QED) is 0.162. The van der Waals surface area contributed by atoms with Crippen LogP contribution >= 0.6 is 0 Å². The van der Waals surface area contributed by atoms with E-state index in [0.717, 1.165) is 55.4 Å². The Bertz CT molecular complexity index is 1530. The molecule has 3 aliphatic carbocycles. The van der Waals surface area contributed by atoms with Crippen molar-refractivity contribution in [3.8, 4) is 23.3 Å². The van der Waals surface area contributed by atoms with Gasteiger partial charge < -0.3 is 46.3 Å². The number of nitrogens with two attached hydrogens (primary N) is 1. The van der Waals surface area contributed by atoms with Crippen LogP contribution in [0.15, 0.2) is 60.1 Å². The van der Waals surface area contributed by atoms with E-state index in [1.165, 1.54) is 0 Å². The van der Waals surface area contributed by atoms with Gasteiger partial charge in [0.2, 0.25) is 0 Å². The molecule has 2 bridgehead atoms. The predicted molar refractivity (Wildman–Crippen MR) is 189 cm³/mol. The maximum absolute atomic E-state index is 11.5. The average Bonchev–Trinajstić information content (AvgIpc) is 3.55. The summed E-state index contributed by atoms with van der Waals surface area (Å²) in [4.78, 5) is 3.30. The number of aliphatic hydroxyl groups is 4. The highest BCUT2D eigenvalue weighted by molar-refractivity contribution is 5.42. The minimum Gasteiger partial charge on any atom is -0.504 e. The molecule has 1 aromatic heterocycles. The highest BCUT2D eigenvalue weighted by Crippen LogP contribution is 2.44. The number of fused-ring (bicyclic) bond motifs is 3. The molecule has 49 heavy (non-hydrogen) atoms. The summed E-state index contributed by atoms with van der Waals surface area (Å²) < 4.78 is 6.50. The number of nitrogens with one attached hydrogen (secondary N) is 2. The topological polar surface area (TPSA) is 164 Å². The van der Waals surface area contributed by atoms with Crippen molar-refractivity contribution in [1.29, 1.82) is 0 Å². The Balaban J connectivity index is 1.19. The van der Waals surface area contributed by atoms with E-state index in [2.05, 4.69) is 35.1 Å². The van der Waals surface area contributed by atoms with Gasteiger partial charge in [0, 0.05) is 42.1 Å². The normalized spacial score (nSPS) is 32.9. The second kappa shape index (κ2) is 15.6. The number of phenols is 1. The summed E-state index contributed by atoms with van der Waals surface area (Å²) in [6, 6.07) is 9.16. The lowest BCUT2D eigenvalue weighted by atomic mass is 9.70. The number of hydrogen-bond donors (Lipinski definition) is 8. The van der Waals surface area contributed by atoms with Gasteiger partial charge >= 0.3 is 0 Å². The van der Waals surface area contributed by atoms with E-state index < -0.39 is 30.5 Å². The highest BCUT2D eigenvalue weighted by Gasteiger charge is 2.44. The third-order valence-corrected chi connectivity index (χ3v) is 12.0. The number of aliphatic hydroxyl groups excluding tert-OH is 4. The van der Waals surface area contributed by atoms with Crippen LogP contribution in [0, 0.1) is 40.9 Å². The molecule has 2 fully saturated rings. The van der Waals surface area contributed by atoms with Crippen molar-refractivity contribution in [1.82, 2.24) is 10.3 Å². The summed E-state index contributed by atoms with van der Waals surface area (Å²) in [5.74, 6) is 7.29. The van der Waals surface area contributed by atoms with Crippen molar-refractivity contribution in [3.63, 3.8) is 0 Å². The van der Waals surface area contributed by atoms with Crippen LogP contribution in [0.1, 0.15) is 82.4 Å². The average molecular weight is 674 g/mol. The Hall–Kier alpha value is -3.42. The molecule has 9 heteroatoms. The van der Waals surface area contributed by atoms with Crippen LogP contribution in [0.3, 0.4) is 0 Å². The third kappa shape index (κ3) is 8.15. The zero-order chi connectivity index (χ0) is 34.5. The van der Waals surface area contributed by atoms with Gasteiger partial charge in [-0.15, -0.1) is 5.92 Å². The lowest BCUT2D eigenvalue weighted by Gasteiger charge is -2.42. The minimum atomic E-state index is -1.16. The molecule has 2 heterocycles. The first-order chi connectivity index (χ1) is 23.7. The SMILES string of the molecule is CC[C@]12C#CC[C@@H]([C@H](O)CCc3ccc(O)c(O[C@@H]4[C@@H](O)[C@H](O)CC[C@@H]4[C@H](Cc4ccc[nH]4)C4=CCNC(N)=C4)c3)[C@@H](O)[C@H](CCC1)CC2. The highest BCUT2D eigenvalue weighted by atomic mass is 16.5. The number of rotatable bonds is 11. The van der Waals surface area contributed by atoms with E-state index in [9.17, 15) is 25.5 Å². The van der Waals surface area contributed by atoms with Crippen LogP contribution in [-0.2, 0) is 12.8 Å². The number of dihydropyridines is 1. The molecule has 9 nitrogen and oxygen atoms in total. The fraction of sp³-hybridized carbons (Fsp3) is 0.600. The van der Waals surface area contributed by atoms with Gasteiger partial charge in [0.05, 0.1) is 24.1 Å². The molecule has 6 rings (SSSR count). The smallest absolute Gasteiger partial charge is 0.161 e. The fourth-order valence-electron chi connectivity index (χ4n) is 8.86. The van der Waals surface area contributed by atoms with Crippen molar-refractivity contribution >= 4 is 0 Å². The first kappa shape index (κ1) is 35.4. The molecule has 1 aliphatic heterocycles. The van der Waals surface area contributed by atoms with E-state index in [4.69, 9.17) is 10.5 Å². The number of phenolic OH excluding ortho intramolecular Hbond substituents is 1. The van der Waals surface area contributed by atoms with Gasteiger partial charge in [-0.1, -0.05) is 31.4 Å². The van der Waals surface area contributed by atoms with Crippen LogP contribution in [0.4, 0.5) is 0 Å². The number of benzene rings is 1. The largest absolute Gasteiger partial charge is 0.504 e. The van der Waals surface area contributed by atoms with E-state index in [0.29, 0.717) is 50.9 Å². The molecule has 0 amide bonds. The van der Waals surface area contributed by atoms with E-state index in [1.54, 1.807) is 12.1 Å². The van der Waals surface area contributed by atoms with Crippen molar-refractivity contribution in [2.75, 3.05) is 6.54 Å². The first-order valence-electron chi connectivity index (χ1n) is 18.4. The van der Waals surface area contributed by atoms with E-state index >= 15 is 0 Å². The second-order valence-electron chi connectivity index (χ2n) is 15.0. The molecule has 10 atom stereocenters. The molecule has 0 spiro atoms. The number of aromatic hydroxyl groups is 1. The van der Waals surface area contributed by atoms with Crippen molar-refractivity contribution < 1.29 is 30.3 Å². The van der Waals surface area contributed by atoms with Crippen molar-refractivity contribution in [2.45, 2.75) is 114 Å². The van der Waals surface area contributed by atoms with Crippen molar-refractivity contribution in [3.05, 3.63) is 71.3 Å². The number of allylic oxidation sites excluding steroid dienone is 2. The standard InChI is InChI=1S/C40H55N3O6/c1-2-40-17-3-6-26(15-19-40)37(47)30(8-4-18-40)32(44)12-9-25-10-13-33(45)35(22-25)49-39-29(11-14-34(46)38(39)48)31(24-28-7-5-20-42-28)27-16-21-43-36(41)23-27/h5,7,10,13,16,20,22-23,26,29-32,34,37-39,42-48H,2-3,6,8-9,11-12,14-15,17,19,21,24,41H2,1H3/t26-,29-,30+,31-,32-,34-,37+,38+,39+,40-/m1/s1. The molecule has 0 radical (unpaired) electrons. The maximum Gasteiger partial charge on any atom is 0.161 e. The number of ether oxygens (including phenoxy) is 1. The summed E-state index contributed by atoms with van der Waals surface area (Å²) in [5, 5.41) is 59.1. The van der Waals surface area contributed by atoms with Crippen LogP contribution in [0.5, 0.6) is 11.5 Å². The molecule has 0 saturated heterocycles. The Labute approximate surface area is 290 Å². The van der Waals surface area contributed by atoms with Crippen LogP contribution in [0.25, 0.3) is 0 Å². The van der Waals surface area contributed by atoms with Gasteiger partial charge in [0.1, 0.15) is 12.2 Å². The molecule has 4 aliphatic rings. The van der Waals surface area contributed by atoms with Gasteiger partial charge in [0.15, 0.2) is 11.5 Å². The Morgan fingerprint density at radius 3 is 2.69 bits per heavy atom. The summed E-state index contributed by atoms with van der Waals surface area (Å²) in [6.45, 7) is 2.81. The van der Waals surface area contributed by atoms with Gasteiger partial charge in [-0.2, -0.15) is 0 Å². The molecule has 266 valence electrons. The summed E-state index contributed by atoms with van der Waals surface area (Å²) in [5.41, 5.74) is 9.17. The zero-order valence-corrected chi connectivity index (χ0v) is 28.7. The summed E-state index contributed by atoms with van der Waals surface area (Å²) in [7, 11) is 0. The zero-order valence-electron chi connectivity index (χ0n) is 28.7. The summed E-state index contributed by atoms with van der Waals surface area (Å²) >= 11 is 0. The van der Waals surface area contributed by atoms with E-state index in [-0.39, 0.29) is 40.6 Å². The molecule has 2 saturated carbocycles. The number of aromatic amines is 1. The summed E-state index contributed by atoms with van der Waals surface area (Å²) in [6.07, 6.45) is 10.9. The molecular weight excluding hydrogens is 618 g/mol.